The summed E-state index contributed by atoms with van der Waals surface area (Å²) in [4.78, 5) is 7.00. The van der Waals surface area contributed by atoms with Crippen LogP contribution in [0.2, 0.25) is 0 Å². The second-order valence-corrected chi connectivity index (χ2v) is 11.0. The van der Waals surface area contributed by atoms with Crippen molar-refractivity contribution < 1.29 is 27.4 Å². The Labute approximate surface area is 219 Å². The zero-order valence-electron chi connectivity index (χ0n) is 21.1. The molecule has 1 N–H and O–H groups in total. The molecule has 2 heterocycles. The highest BCUT2D eigenvalue weighted by Gasteiger charge is 2.35. The van der Waals surface area contributed by atoms with Crippen LogP contribution in [0.3, 0.4) is 0 Å². The van der Waals surface area contributed by atoms with Gasteiger partial charge in [0.05, 0.1) is 12.6 Å². The normalized spacial score (nSPS) is 16.7. The zero-order valence-corrected chi connectivity index (χ0v) is 21.9. The van der Waals surface area contributed by atoms with Gasteiger partial charge in [-0.1, -0.05) is 0 Å². The molecule has 200 valence electrons. The molecular formula is C28H32F4N2O2S. The minimum absolute atomic E-state index is 0.000338. The molecule has 1 saturated heterocycles. The van der Waals surface area contributed by atoms with Crippen molar-refractivity contribution in [2.75, 3.05) is 39.1 Å². The molecule has 1 fully saturated rings. The maximum atomic E-state index is 15.7. The van der Waals surface area contributed by atoms with Crippen LogP contribution in [0.5, 0.6) is 5.75 Å². The van der Waals surface area contributed by atoms with Gasteiger partial charge in [0.2, 0.25) is 0 Å². The molecule has 0 bridgehead atoms. The number of hydrogen-bond acceptors (Lipinski definition) is 5. The summed E-state index contributed by atoms with van der Waals surface area (Å²) < 4.78 is 61.0. The van der Waals surface area contributed by atoms with Crippen LogP contribution in [-0.2, 0) is 0 Å². The predicted molar refractivity (Wildman–Crippen MR) is 138 cm³/mol. The van der Waals surface area contributed by atoms with Crippen molar-refractivity contribution in [3.63, 3.8) is 0 Å². The highest BCUT2D eigenvalue weighted by atomic mass is 32.2. The number of aliphatic hydroxyl groups is 1. The molecular weight excluding hydrogens is 504 g/mol. The van der Waals surface area contributed by atoms with Crippen LogP contribution >= 0.6 is 11.8 Å². The molecule has 0 amide bonds. The molecule has 1 aliphatic rings. The number of thioether (sulfide) groups is 1. The largest absolute Gasteiger partial charge is 0.497 e. The molecule has 2 aromatic carbocycles. The van der Waals surface area contributed by atoms with E-state index in [9.17, 15) is 18.3 Å². The van der Waals surface area contributed by atoms with Crippen molar-refractivity contribution in [1.29, 1.82) is 0 Å². The summed E-state index contributed by atoms with van der Waals surface area (Å²) in [6.07, 6.45) is 2.86. The van der Waals surface area contributed by atoms with E-state index in [1.165, 1.54) is 11.8 Å². The van der Waals surface area contributed by atoms with E-state index in [0.29, 0.717) is 41.3 Å². The van der Waals surface area contributed by atoms with Gasteiger partial charge in [-0.25, -0.2) is 17.6 Å². The first-order valence-corrected chi connectivity index (χ1v) is 13.4. The molecule has 0 aliphatic carbocycles. The van der Waals surface area contributed by atoms with Crippen molar-refractivity contribution in [3.05, 3.63) is 65.1 Å². The fourth-order valence-corrected chi connectivity index (χ4v) is 6.02. The first kappa shape index (κ1) is 27.7. The number of methoxy groups -OCH3 is 1. The fourth-order valence-electron chi connectivity index (χ4n) is 5.06. The van der Waals surface area contributed by atoms with Crippen molar-refractivity contribution in [3.8, 4) is 5.75 Å². The third-order valence-electron chi connectivity index (χ3n) is 7.44. The van der Waals surface area contributed by atoms with Gasteiger partial charge in [0.25, 0.3) is 0 Å². The third kappa shape index (κ3) is 6.38. The van der Waals surface area contributed by atoms with E-state index in [2.05, 4.69) is 9.88 Å². The molecule has 0 spiro atoms. The lowest BCUT2D eigenvalue weighted by Crippen LogP contribution is -2.42. The smallest absolute Gasteiger partial charge is 0.194 e. The van der Waals surface area contributed by atoms with E-state index in [-0.39, 0.29) is 12.0 Å². The first-order chi connectivity index (χ1) is 17.7. The highest BCUT2D eigenvalue weighted by molar-refractivity contribution is 7.99. The number of halogens is 4. The van der Waals surface area contributed by atoms with Gasteiger partial charge in [-0.15, -0.1) is 11.8 Å². The number of hydrogen-bond donors (Lipinski definition) is 1. The van der Waals surface area contributed by atoms with E-state index in [1.54, 1.807) is 13.3 Å². The first-order valence-electron chi connectivity index (χ1n) is 12.4. The van der Waals surface area contributed by atoms with Crippen molar-refractivity contribution in [1.82, 2.24) is 9.88 Å². The SMILES string of the molecule is COc1ccc2ncc(C)c([C@@H](F)CCC3(CO)CCN(CCSc4cc(F)c(F)c(F)c4)CC3)c2c1. The maximum Gasteiger partial charge on any atom is 0.194 e. The molecule has 0 saturated carbocycles. The number of aliphatic hydroxyl groups excluding tert-OH is 1. The standard InChI is InChI=1S/C28H32F4N2O2S/c1-18-16-33-25-4-3-19(36-2)13-21(25)26(18)22(29)5-6-28(17-35)7-9-34(10-8-28)11-12-37-20-14-23(30)27(32)24(31)15-20/h3-4,13-16,22,35H,5-12,17H2,1-2H3/t22-/m0/s1. The van der Waals surface area contributed by atoms with E-state index in [4.69, 9.17) is 4.74 Å². The summed E-state index contributed by atoms with van der Waals surface area (Å²) in [5, 5.41) is 11.0. The average molecular weight is 537 g/mol. The summed E-state index contributed by atoms with van der Waals surface area (Å²) in [7, 11) is 1.58. The third-order valence-corrected chi connectivity index (χ3v) is 8.40. The summed E-state index contributed by atoms with van der Waals surface area (Å²) in [5.74, 6) is -2.58. The average Bonchev–Trinajstić information content (AvgIpc) is 2.90. The molecule has 1 aromatic heterocycles. The molecule has 37 heavy (non-hydrogen) atoms. The number of alkyl halides is 1. The van der Waals surface area contributed by atoms with Crippen LogP contribution in [-0.4, -0.2) is 54.1 Å². The molecule has 0 unspecified atom stereocenters. The topological polar surface area (TPSA) is 45.6 Å². The number of nitrogens with zero attached hydrogens (tertiary/aromatic N) is 2. The highest BCUT2D eigenvalue weighted by Crippen LogP contribution is 2.41. The zero-order chi connectivity index (χ0) is 26.6. The Morgan fingerprint density at radius 1 is 1.14 bits per heavy atom. The maximum absolute atomic E-state index is 15.7. The van der Waals surface area contributed by atoms with Crippen LogP contribution in [0.4, 0.5) is 17.6 Å². The molecule has 9 heteroatoms. The van der Waals surface area contributed by atoms with Gasteiger partial charge in [-0.3, -0.25) is 4.98 Å². The number of aromatic nitrogens is 1. The molecule has 1 atom stereocenters. The summed E-state index contributed by atoms with van der Waals surface area (Å²) in [5.41, 5.74) is 1.80. The van der Waals surface area contributed by atoms with Gasteiger partial charge >= 0.3 is 0 Å². The number of fused-ring (bicyclic) bond motifs is 1. The van der Waals surface area contributed by atoms with Crippen LogP contribution in [0.15, 0.2) is 41.4 Å². The van der Waals surface area contributed by atoms with Crippen molar-refractivity contribution >= 4 is 22.7 Å². The monoisotopic (exact) mass is 536 g/mol. The van der Waals surface area contributed by atoms with E-state index >= 15 is 4.39 Å². The van der Waals surface area contributed by atoms with E-state index < -0.39 is 23.6 Å². The van der Waals surface area contributed by atoms with E-state index in [0.717, 1.165) is 54.5 Å². The number of ether oxygens (including phenoxy) is 1. The van der Waals surface area contributed by atoms with Crippen molar-refractivity contribution in [2.45, 2.75) is 43.7 Å². The van der Waals surface area contributed by atoms with Gasteiger partial charge in [0, 0.05) is 35.4 Å². The Bertz CT molecular complexity index is 1210. The minimum atomic E-state index is -1.46. The number of likely N-dealkylation sites (tertiary alicyclic amines) is 1. The molecule has 4 nitrogen and oxygen atoms in total. The number of pyridine rings is 1. The Morgan fingerprint density at radius 3 is 2.49 bits per heavy atom. The van der Waals surface area contributed by atoms with Crippen molar-refractivity contribution in [2.24, 2.45) is 5.41 Å². The second-order valence-electron chi connectivity index (χ2n) is 9.79. The van der Waals surface area contributed by atoms with Gasteiger partial charge in [0.1, 0.15) is 11.9 Å². The van der Waals surface area contributed by atoms with Gasteiger partial charge in [-0.05, 0) is 92.6 Å². The summed E-state index contributed by atoms with van der Waals surface area (Å²) in [6, 6.07) is 7.48. The number of aryl methyl sites for hydroxylation is 1. The lowest BCUT2D eigenvalue weighted by atomic mass is 9.74. The number of rotatable bonds is 10. The number of piperidine rings is 1. The lowest BCUT2D eigenvalue weighted by molar-refractivity contribution is 0.0323. The molecule has 0 radical (unpaired) electrons. The Hall–Kier alpha value is -2.36. The summed E-state index contributed by atoms with van der Waals surface area (Å²) >= 11 is 1.27. The number of benzene rings is 2. The Balaban J connectivity index is 1.32. The predicted octanol–water partition coefficient (Wildman–Crippen LogP) is 6.63. The fraction of sp³-hybridized carbons (Fsp3) is 0.464. The van der Waals surface area contributed by atoms with Gasteiger partial charge < -0.3 is 14.7 Å². The quantitative estimate of drug-likeness (QED) is 0.179. The minimum Gasteiger partial charge on any atom is -0.497 e. The molecule has 3 aromatic rings. The van der Waals surface area contributed by atoms with Crippen LogP contribution in [0, 0.1) is 29.8 Å². The second kappa shape index (κ2) is 12.0. The van der Waals surface area contributed by atoms with Crippen LogP contribution < -0.4 is 4.74 Å². The van der Waals surface area contributed by atoms with Crippen LogP contribution in [0.25, 0.3) is 10.9 Å². The van der Waals surface area contributed by atoms with Gasteiger partial charge in [-0.2, -0.15) is 0 Å². The summed E-state index contributed by atoms with van der Waals surface area (Å²) in [6.45, 7) is 4.06. The Kier molecular flexibility index (Phi) is 8.98. The molecule has 1 aliphatic heterocycles. The Morgan fingerprint density at radius 2 is 1.84 bits per heavy atom. The lowest BCUT2D eigenvalue weighted by Gasteiger charge is -2.41. The van der Waals surface area contributed by atoms with E-state index in [1.807, 2.05) is 25.1 Å². The van der Waals surface area contributed by atoms with Crippen LogP contribution in [0.1, 0.15) is 43.0 Å². The molecule has 4 rings (SSSR count). The van der Waals surface area contributed by atoms with Gasteiger partial charge in [0.15, 0.2) is 17.5 Å².